The van der Waals surface area contributed by atoms with Gasteiger partial charge in [0.15, 0.2) is 5.82 Å². The first-order valence-corrected chi connectivity index (χ1v) is 6.96. The van der Waals surface area contributed by atoms with Crippen molar-refractivity contribution in [3.8, 4) is 28.4 Å². The number of hydrogen-bond acceptors (Lipinski definition) is 5. The van der Waals surface area contributed by atoms with Crippen molar-refractivity contribution in [1.82, 2.24) is 15.1 Å². The van der Waals surface area contributed by atoms with E-state index in [1.807, 2.05) is 42.5 Å². The maximum atomic E-state index is 11.0. The number of fused-ring (bicyclic) bond motifs is 1. The number of para-hydroxylation sites is 1. The minimum Gasteiger partial charge on any atom is -0.506 e. The molecule has 2 aromatic heterocycles. The molecule has 23 heavy (non-hydrogen) atoms. The van der Waals surface area contributed by atoms with Crippen molar-refractivity contribution in [3.63, 3.8) is 0 Å². The normalized spacial score (nSPS) is 11.0. The molecule has 0 aliphatic heterocycles. The highest BCUT2D eigenvalue weighted by molar-refractivity contribution is 5.86. The summed E-state index contributed by atoms with van der Waals surface area (Å²) >= 11 is 0. The Morgan fingerprint density at radius 2 is 1.70 bits per heavy atom. The monoisotopic (exact) mass is 305 g/mol. The third kappa shape index (κ3) is 2.36. The van der Waals surface area contributed by atoms with Gasteiger partial charge in [-0.25, -0.2) is 9.78 Å². The molecular weight excluding hydrogens is 294 g/mol. The molecule has 2 aromatic carbocycles. The molecule has 112 valence electrons. The second-order valence-electron chi connectivity index (χ2n) is 5.05. The molecule has 6 heteroatoms. The van der Waals surface area contributed by atoms with E-state index in [1.165, 1.54) is 0 Å². The summed E-state index contributed by atoms with van der Waals surface area (Å²) < 4.78 is 4.56. The van der Waals surface area contributed by atoms with Gasteiger partial charge in [0.25, 0.3) is 0 Å². The summed E-state index contributed by atoms with van der Waals surface area (Å²) in [5.74, 6) is -0.123. The zero-order valence-corrected chi connectivity index (χ0v) is 11.9. The maximum Gasteiger partial charge on any atom is 0.460 e. The Bertz CT molecular complexity index is 1050. The van der Waals surface area contributed by atoms with Gasteiger partial charge >= 0.3 is 5.76 Å². The molecule has 0 amide bonds. The number of aromatic hydroxyl groups is 1. The number of phenols is 1. The molecule has 4 rings (SSSR count). The van der Waals surface area contributed by atoms with Gasteiger partial charge in [-0.05, 0) is 12.1 Å². The number of hydrogen-bond donors (Lipinski definition) is 2. The number of benzene rings is 2. The Hall–Kier alpha value is -3.41. The minimum atomic E-state index is -0.657. The highest BCUT2D eigenvalue weighted by atomic mass is 16.5. The maximum absolute atomic E-state index is 11.0. The highest BCUT2D eigenvalue weighted by Crippen LogP contribution is 2.27. The van der Waals surface area contributed by atoms with Crippen LogP contribution in [-0.4, -0.2) is 20.2 Å². The zero-order valence-electron chi connectivity index (χ0n) is 11.9. The van der Waals surface area contributed by atoms with E-state index in [-0.39, 0.29) is 5.75 Å². The van der Waals surface area contributed by atoms with Crippen LogP contribution in [0.3, 0.4) is 0 Å². The summed E-state index contributed by atoms with van der Waals surface area (Å²) in [6.45, 7) is 0. The molecule has 0 aliphatic carbocycles. The lowest BCUT2D eigenvalue weighted by molar-refractivity contribution is 0.388. The van der Waals surface area contributed by atoms with E-state index in [9.17, 15) is 9.90 Å². The number of aromatic nitrogens is 3. The van der Waals surface area contributed by atoms with E-state index in [4.69, 9.17) is 0 Å². The second kappa shape index (κ2) is 5.10. The minimum absolute atomic E-state index is 0.154. The summed E-state index contributed by atoms with van der Waals surface area (Å²) in [5.41, 5.74) is 2.95. The van der Waals surface area contributed by atoms with Crippen molar-refractivity contribution >= 4 is 10.9 Å². The fourth-order valence-electron chi connectivity index (χ4n) is 2.44. The molecule has 4 aromatic rings. The van der Waals surface area contributed by atoms with Crippen LogP contribution < -0.4 is 5.76 Å². The Morgan fingerprint density at radius 1 is 0.913 bits per heavy atom. The lowest BCUT2D eigenvalue weighted by Gasteiger charge is -2.05. The number of pyridine rings is 1. The first kappa shape index (κ1) is 13.3. The van der Waals surface area contributed by atoms with Crippen LogP contribution in [0.1, 0.15) is 0 Å². The smallest absolute Gasteiger partial charge is 0.460 e. The number of aromatic amines is 1. The molecular formula is C17H11N3O3. The average molecular weight is 305 g/mol. The Kier molecular flexibility index (Phi) is 2.94. The fraction of sp³-hybridized carbons (Fsp3) is 0. The lowest BCUT2D eigenvalue weighted by Crippen LogP contribution is -1.94. The highest BCUT2D eigenvalue weighted by Gasteiger charge is 2.07. The first-order chi connectivity index (χ1) is 11.2. The number of H-pyrrole nitrogens is 1. The molecule has 0 bridgehead atoms. The van der Waals surface area contributed by atoms with Crippen LogP contribution in [0.2, 0.25) is 0 Å². The third-order valence-corrected chi connectivity index (χ3v) is 3.59. The molecule has 0 fully saturated rings. The largest absolute Gasteiger partial charge is 0.506 e. The molecule has 0 saturated carbocycles. The Morgan fingerprint density at radius 3 is 2.43 bits per heavy atom. The van der Waals surface area contributed by atoms with Crippen molar-refractivity contribution in [2.45, 2.75) is 0 Å². The number of nitrogens with zero attached hydrogens (tertiary/aromatic N) is 2. The van der Waals surface area contributed by atoms with Gasteiger partial charge in [-0.15, -0.1) is 0 Å². The van der Waals surface area contributed by atoms with Gasteiger partial charge in [0.2, 0.25) is 0 Å². The predicted molar refractivity (Wildman–Crippen MR) is 85.0 cm³/mol. The third-order valence-electron chi connectivity index (χ3n) is 3.59. The molecule has 0 radical (unpaired) electrons. The van der Waals surface area contributed by atoms with Crippen molar-refractivity contribution in [1.29, 1.82) is 0 Å². The Labute approximate surface area is 130 Å². The van der Waals surface area contributed by atoms with E-state index in [0.717, 1.165) is 22.2 Å². The van der Waals surface area contributed by atoms with Crippen molar-refractivity contribution in [3.05, 3.63) is 65.1 Å². The number of phenolic OH excluding ortho intramolecular Hbond substituents is 1. The summed E-state index contributed by atoms with van der Waals surface area (Å²) in [5, 5.41) is 13.3. The van der Waals surface area contributed by atoms with Crippen LogP contribution in [0, 0.1) is 0 Å². The van der Waals surface area contributed by atoms with Crippen LogP contribution in [0.15, 0.2) is 63.9 Å². The molecule has 2 N–H and O–H groups in total. The summed E-state index contributed by atoms with van der Waals surface area (Å²) in [7, 11) is 0. The summed E-state index contributed by atoms with van der Waals surface area (Å²) in [4.78, 5) is 19.2. The van der Waals surface area contributed by atoms with Gasteiger partial charge in [-0.1, -0.05) is 42.5 Å². The quantitative estimate of drug-likeness (QED) is 0.594. The van der Waals surface area contributed by atoms with Crippen LogP contribution in [0.4, 0.5) is 0 Å². The second-order valence-corrected chi connectivity index (χ2v) is 5.05. The van der Waals surface area contributed by atoms with Gasteiger partial charge < -0.3 is 9.63 Å². The van der Waals surface area contributed by atoms with Crippen molar-refractivity contribution in [2.75, 3.05) is 0 Å². The Balaban J connectivity index is 1.76. The van der Waals surface area contributed by atoms with E-state index < -0.39 is 5.76 Å². The molecule has 6 nitrogen and oxygen atoms in total. The van der Waals surface area contributed by atoms with Crippen LogP contribution in [0.25, 0.3) is 33.5 Å². The zero-order chi connectivity index (χ0) is 15.8. The molecule has 0 saturated heterocycles. The predicted octanol–water partition coefficient (Wildman–Crippen LogP) is 2.95. The van der Waals surface area contributed by atoms with Gasteiger partial charge in [0.1, 0.15) is 11.3 Å². The van der Waals surface area contributed by atoms with Gasteiger partial charge in [0.05, 0.1) is 5.69 Å². The van der Waals surface area contributed by atoms with Crippen LogP contribution in [0.5, 0.6) is 5.75 Å². The van der Waals surface area contributed by atoms with E-state index in [0.29, 0.717) is 11.3 Å². The van der Waals surface area contributed by atoms with Gasteiger partial charge in [-0.3, -0.25) is 0 Å². The van der Waals surface area contributed by atoms with Gasteiger partial charge in [-0.2, -0.15) is 10.1 Å². The molecule has 0 spiro atoms. The standard InChI is InChI=1S/C17H11N3O3/c21-14-3-1-2-11-8-9-13(18-15(11)14)10-4-6-12(7-5-10)16-19-17(22)23-20-16/h1-9,21H,(H,19,20,22). The number of nitrogens with one attached hydrogen (secondary N) is 1. The molecule has 0 atom stereocenters. The molecule has 0 unspecified atom stereocenters. The van der Waals surface area contributed by atoms with Crippen LogP contribution in [-0.2, 0) is 0 Å². The van der Waals surface area contributed by atoms with E-state index in [2.05, 4.69) is 19.6 Å². The first-order valence-electron chi connectivity index (χ1n) is 6.96. The van der Waals surface area contributed by atoms with Gasteiger partial charge in [0, 0.05) is 16.5 Å². The molecule has 2 heterocycles. The molecule has 0 aliphatic rings. The average Bonchev–Trinajstić information content (AvgIpc) is 3.02. The number of rotatable bonds is 2. The SMILES string of the molecule is O=c1nc(-c2ccc(-c3ccc4cccc(O)c4n3)cc2)[nH]o1. The summed E-state index contributed by atoms with van der Waals surface area (Å²) in [6, 6.07) is 16.5. The topological polar surface area (TPSA) is 92.0 Å². The lowest BCUT2D eigenvalue weighted by atomic mass is 10.1. The van der Waals surface area contributed by atoms with E-state index in [1.54, 1.807) is 12.1 Å². The van der Waals surface area contributed by atoms with Crippen LogP contribution >= 0.6 is 0 Å². The fourth-order valence-corrected chi connectivity index (χ4v) is 2.44. The van der Waals surface area contributed by atoms with E-state index >= 15 is 0 Å². The summed E-state index contributed by atoms with van der Waals surface area (Å²) in [6.07, 6.45) is 0. The van der Waals surface area contributed by atoms with Crippen molar-refractivity contribution in [2.24, 2.45) is 0 Å². The van der Waals surface area contributed by atoms with Crippen molar-refractivity contribution < 1.29 is 9.63 Å².